The number of hydrogen-bond donors (Lipinski definition) is 2. The predicted octanol–water partition coefficient (Wildman–Crippen LogP) is 1.17. The molecule has 0 aromatic heterocycles. The molecule has 0 fully saturated rings. The molecule has 0 saturated carbocycles. The van der Waals surface area contributed by atoms with E-state index in [1.165, 1.54) is 12.1 Å². The molecular weight excluding hydrogens is 291 g/mol. The van der Waals surface area contributed by atoms with Crippen molar-refractivity contribution in [2.24, 2.45) is 0 Å². The molecule has 0 heterocycles. The third-order valence-corrected chi connectivity index (χ3v) is 2.98. The molecule has 1 rings (SSSR count). The average molecular weight is 312 g/mol. The van der Waals surface area contributed by atoms with E-state index in [1.54, 1.807) is 24.1 Å². The minimum absolute atomic E-state index is 0.143. The summed E-state index contributed by atoms with van der Waals surface area (Å²) in [7, 11) is 1.79. The van der Waals surface area contributed by atoms with Crippen LogP contribution in [0.25, 0.3) is 0 Å². The standard InChI is InChI=1S/C15H21FN2O4/c1-18(9-7-16)10-8-17-14(19)6-11-22-13-4-2-12(3-5-13)15(20)21/h2-5H,6-11H2,1H3,(H,17,19)(H,20,21). The van der Waals surface area contributed by atoms with Crippen LogP contribution in [0.4, 0.5) is 4.39 Å². The van der Waals surface area contributed by atoms with Gasteiger partial charge in [-0.1, -0.05) is 0 Å². The van der Waals surface area contributed by atoms with Crippen molar-refractivity contribution in [3.05, 3.63) is 29.8 Å². The number of alkyl halides is 1. The van der Waals surface area contributed by atoms with Crippen LogP contribution in [0.2, 0.25) is 0 Å². The molecule has 122 valence electrons. The number of nitrogens with one attached hydrogen (secondary N) is 1. The molecular formula is C15H21FN2O4. The highest BCUT2D eigenvalue weighted by Crippen LogP contribution is 2.12. The van der Waals surface area contributed by atoms with Gasteiger partial charge in [-0.25, -0.2) is 9.18 Å². The van der Waals surface area contributed by atoms with Gasteiger partial charge in [-0.15, -0.1) is 0 Å². The lowest BCUT2D eigenvalue weighted by molar-refractivity contribution is -0.121. The lowest BCUT2D eigenvalue weighted by Crippen LogP contribution is -2.34. The number of halogens is 1. The summed E-state index contributed by atoms with van der Waals surface area (Å²) in [6, 6.07) is 5.98. The van der Waals surface area contributed by atoms with E-state index in [0.717, 1.165) is 0 Å². The van der Waals surface area contributed by atoms with E-state index >= 15 is 0 Å². The molecule has 0 radical (unpaired) electrons. The fourth-order valence-corrected chi connectivity index (χ4v) is 1.69. The monoisotopic (exact) mass is 312 g/mol. The Labute approximate surface area is 128 Å². The number of nitrogens with zero attached hydrogens (tertiary/aromatic N) is 1. The number of rotatable bonds is 10. The third kappa shape index (κ3) is 7.03. The zero-order valence-corrected chi connectivity index (χ0v) is 12.5. The van der Waals surface area contributed by atoms with Crippen molar-refractivity contribution in [1.82, 2.24) is 10.2 Å². The van der Waals surface area contributed by atoms with Gasteiger partial charge in [-0.05, 0) is 31.3 Å². The molecule has 7 heteroatoms. The summed E-state index contributed by atoms with van der Waals surface area (Å²) in [5.41, 5.74) is 0.183. The second-order valence-electron chi connectivity index (χ2n) is 4.77. The van der Waals surface area contributed by atoms with Crippen molar-refractivity contribution in [2.45, 2.75) is 6.42 Å². The van der Waals surface area contributed by atoms with Crippen LogP contribution in [0.1, 0.15) is 16.8 Å². The number of hydrogen-bond acceptors (Lipinski definition) is 4. The molecule has 22 heavy (non-hydrogen) atoms. The summed E-state index contributed by atoms with van der Waals surface area (Å²) in [6.45, 7) is 1.21. The molecule has 0 bridgehead atoms. The molecule has 0 unspecified atom stereocenters. The molecule has 0 aliphatic heterocycles. The second-order valence-corrected chi connectivity index (χ2v) is 4.77. The van der Waals surface area contributed by atoms with E-state index in [4.69, 9.17) is 9.84 Å². The van der Waals surface area contributed by atoms with Crippen molar-refractivity contribution in [2.75, 3.05) is 40.0 Å². The van der Waals surface area contributed by atoms with Gasteiger partial charge >= 0.3 is 5.97 Å². The number of likely N-dealkylation sites (N-methyl/N-ethyl adjacent to an activating group) is 1. The SMILES string of the molecule is CN(CCF)CCNC(=O)CCOc1ccc(C(=O)O)cc1. The summed E-state index contributed by atoms with van der Waals surface area (Å²) in [6.07, 6.45) is 0.202. The van der Waals surface area contributed by atoms with Gasteiger partial charge in [-0.3, -0.25) is 4.79 Å². The molecule has 2 N–H and O–H groups in total. The van der Waals surface area contributed by atoms with E-state index in [1.807, 2.05) is 0 Å². The van der Waals surface area contributed by atoms with Crippen molar-refractivity contribution < 1.29 is 23.8 Å². The minimum Gasteiger partial charge on any atom is -0.493 e. The van der Waals surface area contributed by atoms with Crippen LogP contribution < -0.4 is 10.1 Å². The van der Waals surface area contributed by atoms with Crippen LogP contribution in [-0.2, 0) is 4.79 Å². The van der Waals surface area contributed by atoms with E-state index in [0.29, 0.717) is 25.4 Å². The first-order chi connectivity index (χ1) is 10.5. The highest BCUT2D eigenvalue weighted by molar-refractivity contribution is 5.87. The lowest BCUT2D eigenvalue weighted by atomic mass is 10.2. The highest BCUT2D eigenvalue weighted by atomic mass is 19.1. The van der Waals surface area contributed by atoms with Crippen molar-refractivity contribution in [1.29, 1.82) is 0 Å². The number of benzene rings is 1. The summed E-state index contributed by atoms with van der Waals surface area (Å²) in [5, 5.41) is 11.5. The number of aromatic carboxylic acids is 1. The van der Waals surface area contributed by atoms with Gasteiger partial charge in [0.05, 0.1) is 18.6 Å². The van der Waals surface area contributed by atoms with Gasteiger partial charge < -0.3 is 20.1 Å². The van der Waals surface area contributed by atoms with Gasteiger partial charge in [-0.2, -0.15) is 0 Å². The normalized spacial score (nSPS) is 10.5. The number of amides is 1. The summed E-state index contributed by atoms with van der Waals surface area (Å²) < 4.78 is 17.4. The number of ether oxygens (including phenoxy) is 1. The highest BCUT2D eigenvalue weighted by Gasteiger charge is 2.05. The van der Waals surface area contributed by atoms with Crippen LogP contribution in [0.5, 0.6) is 5.75 Å². The molecule has 0 saturated heterocycles. The van der Waals surface area contributed by atoms with Crippen LogP contribution in [0.15, 0.2) is 24.3 Å². The maximum absolute atomic E-state index is 12.0. The molecule has 0 atom stereocenters. The zero-order valence-electron chi connectivity index (χ0n) is 12.5. The molecule has 0 aliphatic rings. The molecule has 0 aliphatic carbocycles. The molecule has 1 aromatic rings. The molecule has 1 aromatic carbocycles. The van der Waals surface area contributed by atoms with Crippen molar-refractivity contribution in [3.8, 4) is 5.75 Å². The Morgan fingerprint density at radius 1 is 1.27 bits per heavy atom. The van der Waals surface area contributed by atoms with E-state index < -0.39 is 12.6 Å². The zero-order chi connectivity index (χ0) is 16.4. The summed E-state index contributed by atoms with van der Waals surface area (Å²) >= 11 is 0. The first-order valence-corrected chi connectivity index (χ1v) is 7.00. The predicted molar refractivity (Wildman–Crippen MR) is 80.0 cm³/mol. The maximum atomic E-state index is 12.0. The molecule has 0 spiro atoms. The fraction of sp³-hybridized carbons (Fsp3) is 0.467. The number of carbonyl (C=O) groups excluding carboxylic acids is 1. The summed E-state index contributed by atoms with van der Waals surface area (Å²) in [4.78, 5) is 24.0. The van der Waals surface area contributed by atoms with Gasteiger partial charge in [0.2, 0.25) is 5.91 Å². The Morgan fingerprint density at radius 2 is 1.95 bits per heavy atom. The minimum atomic E-state index is -0.997. The maximum Gasteiger partial charge on any atom is 0.335 e. The molecule has 6 nitrogen and oxygen atoms in total. The Bertz CT molecular complexity index is 479. The first kappa shape index (κ1) is 17.9. The van der Waals surface area contributed by atoms with Crippen molar-refractivity contribution in [3.63, 3.8) is 0 Å². The molecule has 1 amide bonds. The van der Waals surface area contributed by atoms with Gasteiger partial charge in [0.15, 0.2) is 0 Å². The van der Waals surface area contributed by atoms with E-state index in [-0.39, 0.29) is 24.5 Å². The van der Waals surface area contributed by atoms with Gasteiger partial charge in [0.1, 0.15) is 12.4 Å². The van der Waals surface area contributed by atoms with E-state index in [9.17, 15) is 14.0 Å². The van der Waals surface area contributed by atoms with E-state index in [2.05, 4.69) is 5.32 Å². The topological polar surface area (TPSA) is 78.9 Å². The van der Waals surface area contributed by atoms with Crippen LogP contribution in [0.3, 0.4) is 0 Å². The quantitative estimate of drug-likeness (QED) is 0.678. The van der Waals surface area contributed by atoms with Crippen molar-refractivity contribution >= 4 is 11.9 Å². The Balaban J connectivity index is 2.18. The second kappa shape index (κ2) is 9.73. The number of carbonyl (C=O) groups is 2. The number of carboxylic acid groups (broad SMARTS) is 1. The average Bonchev–Trinajstić information content (AvgIpc) is 2.48. The van der Waals surface area contributed by atoms with Gasteiger partial charge in [0.25, 0.3) is 0 Å². The van der Waals surface area contributed by atoms with Crippen LogP contribution >= 0.6 is 0 Å². The first-order valence-electron chi connectivity index (χ1n) is 7.00. The van der Waals surface area contributed by atoms with Crippen LogP contribution in [-0.4, -0.2) is 61.8 Å². The van der Waals surface area contributed by atoms with Crippen LogP contribution in [0, 0.1) is 0 Å². The Morgan fingerprint density at radius 3 is 2.55 bits per heavy atom. The largest absolute Gasteiger partial charge is 0.493 e. The van der Waals surface area contributed by atoms with Gasteiger partial charge in [0, 0.05) is 19.6 Å². The Hall–Kier alpha value is -2.15. The lowest BCUT2D eigenvalue weighted by Gasteiger charge is -2.14. The third-order valence-electron chi connectivity index (χ3n) is 2.98. The number of carboxylic acids is 1. The smallest absolute Gasteiger partial charge is 0.335 e. The Kier molecular flexibility index (Phi) is 7.91. The summed E-state index contributed by atoms with van der Waals surface area (Å²) in [5.74, 6) is -0.625. The fourth-order valence-electron chi connectivity index (χ4n) is 1.69.